The molecule has 1 N–H and O–H groups in total. The molecule has 0 spiro atoms. The highest BCUT2D eigenvalue weighted by Gasteiger charge is 2.22. The van der Waals surface area contributed by atoms with Gasteiger partial charge < -0.3 is 19.9 Å². The fourth-order valence-corrected chi connectivity index (χ4v) is 2.92. The lowest BCUT2D eigenvalue weighted by Gasteiger charge is -2.28. The molecular weight excluding hydrogens is 330 g/mol. The molecule has 26 heavy (non-hydrogen) atoms. The molecule has 1 heterocycles. The Morgan fingerprint density at radius 3 is 2.31 bits per heavy atom. The zero-order chi connectivity index (χ0) is 18.8. The number of amides is 3. The van der Waals surface area contributed by atoms with Crippen LogP contribution < -0.4 is 5.32 Å². The van der Waals surface area contributed by atoms with Crippen LogP contribution in [0, 0.1) is 0 Å². The van der Waals surface area contributed by atoms with E-state index in [9.17, 15) is 9.59 Å². The summed E-state index contributed by atoms with van der Waals surface area (Å²) >= 11 is 0. The van der Waals surface area contributed by atoms with Gasteiger partial charge in [-0.2, -0.15) is 0 Å². The van der Waals surface area contributed by atoms with E-state index in [4.69, 9.17) is 4.74 Å². The molecule has 0 radical (unpaired) electrons. The van der Waals surface area contributed by atoms with Crippen molar-refractivity contribution < 1.29 is 14.3 Å². The minimum atomic E-state index is -0.130. The molecule has 0 unspecified atom stereocenters. The van der Waals surface area contributed by atoms with E-state index in [-0.39, 0.29) is 11.9 Å². The summed E-state index contributed by atoms with van der Waals surface area (Å²) in [6.07, 6.45) is 4.04. The minimum absolute atomic E-state index is 0.0575. The number of para-hydroxylation sites is 1. The molecule has 1 aromatic carbocycles. The van der Waals surface area contributed by atoms with Crippen molar-refractivity contribution in [1.82, 2.24) is 9.80 Å². The number of carbonyl (C=O) groups excluding carboxylic acids is 2. The molecule has 0 aliphatic carbocycles. The lowest BCUT2D eigenvalue weighted by molar-refractivity contribution is 0.0303. The number of benzene rings is 1. The van der Waals surface area contributed by atoms with Crippen molar-refractivity contribution in [2.75, 3.05) is 44.7 Å². The van der Waals surface area contributed by atoms with E-state index in [0.717, 1.165) is 38.8 Å². The highest BCUT2D eigenvalue weighted by Crippen LogP contribution is 2.19. The van der Waals surface area contributed by atoms with Crippen LogP contribution in [-0.2, 0) is 4.74 Å². The molecule has 1 aliphatic rings. The maximum absolute atomic E-state index is 12.8. The molecule has 1 aromatic rings. The monoisotopic (exact) mass is 361 g/mol. The fourth-order valence-electron chi connectivity index (χ4n) is 2.92. The smallest absolute Gasteiger partial charge is 0.321 e. The summed E-state index contributed by atoms with van der Waals surface area (Å²) in [6, 6.07) is 7.11. The number of hydrogen-bond acceptors (Lipinski definition) is 3. The fraction of sp³-hybridized carbons (Fsp3) is 0.600. The SMILES string of the molecule is CCCCN(CCCC)C(=O)Nc1ccccc1C(=O)N1CCOCC1. The van der Waals surface area contributed by atoms with E-state index >= 15 is 0 Å². The topological polar surface area (TPSA) is 61.9 Å². The van der Waals surface area contributed by atoms with Gasteiger partial charge in [0.1, 0.15) is 0 Å². The van der Waals surface area contributed by atoms with Crippen LogP contribution in [0.4, 0.5) is 10.5 Å². The third-order valence-electron chi connectivity index (χ3n) is 4.55. The van der Waals surface area contributed by atoms with E-state index in [2.05, 4.69) is 19.2 Å². The number of morpholine rings is 1. The van der Waals surface area contributed by atoms with Crippen molar-refractivity contribution in [3.05, 3.63) is 29.8 Å². The van der Waals surface area contributed by atoms with Crippen LogP contribution in [0.15, 0.2) is 24.3 Å². The lowest BCUT2D eigenvalue weighted by atomic mass is 10.1. The first-order valence-electron chi connectivity index (χ1n) is 9.69. The van der Waals surface area contributed by atoms with Crippen LogP contribution in [0.3, 0.4) is 0 Å². The normalized spacial score (nSPS) is 14.2. The Bertz CT molecular complexity index is 577. The molecule has 0 saturated carbocycles. The number of nitrogens with one attached hydrogen (secondary N) is 1. The van der Waals surface area contributed by atoms with E-state index in [1.807, 2.05) is 17.0 Å². The van der Waals surface area contributed by atoms with Crippen molar-refractivity contribution in [3.8, 4) is 0 Å². The first-order valence-corrected chi connectivity index (χ1v) is 9.69. The lowest BCUT2D eigenvalue weighted by Crippen LogP contribution is -2.41. The Hall–Kier alpha value is -2.08. The second-order valence-electron chi connectivity index (χ2n) is 6.57. The number of rotatable bonds is 8. The Balaban J connectivity index is 2.09. The minimum Gasteiger partial charge on any atom is -0.378 e. The summed E-state index contributed by atoms with van der Waals surface area (Å²) in [7, 11) is 0. The van der Waals surface area contributed by atoms with Crippen LogP contribution >= 0.6 is 0 Å². The second-order valence-corrected chi connectivity index (χ2v) is 6.57. The summed E-state index contributed by atoms with van der Waals surface area (Å²) in [4.78, 5) is 29.2. The molecule has 1 aliphatic heterocycles. The Labute approximate surface area is 156 Å². The molecule has 1 saturated heterocycles. The molecule has 1 fully saturated rings. The van der Waals surface area contributed by atoms with E-state index in [1.165, 1.54) is 0 Å². The maximum Gasteiger partial charge on any atom is 0.321 e. The van der Waals surface area contributed by atoms with E-state index in [1.54, 1.807) is 17.0 Å². The molecule has 2 rings (SSSR count). The number of hydrogen-bond donors (Lipinski definition) is 1. The van der Waals surface area contributed by atoms with Gasteiger partial charge >= 0.3 is 6.03 Å². The summed E-state index contributed by atoms with van der Waals surface area (Å²) < 4.78 is 5.32. The average molecular weight is 361 g/mol. The van der Waals surface area contributed by atoms with Crippen LogP contribution in [0.1, 0.15) is 49.9 Å². The van der Waals surface area contributed by atoms with Crippen LogP contribution in [0.5, 0.6) is 0 Å². The second kappa shape index (κ2) is 10.8. The van der Waals surface area contributed by atoms with Gasteiger partial charge in [0.25, 0.3) is 5.91 Å². The van der Waals surface area contributed by atoms with Gasteiger partial charge in [0.15, 0.2) is 0 Å². The van der Waals surface area contributed by atoms with Gasteiger partial charge in [-0.3, -0.25) is 4.79 Å². The van der Waals surface area contributed by atoms with Crippen LogP contribution in [0.25, 0.3) is 0 Å². The van der Waals surface area contributed by atoms with Crippen molar-refractivity contribution in [2.45, 2.75) is 39.5 Å². The standard InChI is InChI=1S/C20H31N3O3/c1-3-5-11-23(12-6-4-2)20(25)21-18-10-8-7-9-17(18)19(24)22-13-15-26-16-14-22/h7-10H,3-6,11-16H2,1-2H3,(H,21,25). The third-order valence-corrected chi connectivity index (χ3v) is 4.55. The number of ether oxygens (including phenoxy) is 1. The Morgan fingerprint density at radius 2 is 1.69 bits per heavy atom. The van der Waals surface area contributed by atoms with E-state index < -0.39 is 0 Å². The molecule has 144 valence electrons. The largest absolute Gasteiger partial charge is 0.378 e. The third kappa shape index (κ3) is 5.73. The average Bonchev–Trinajstić information content (AvgIpc) is 2.68. The van der Waals surface area contributed by atoms with Gasteiger partial charge in [-0.15, -0.1) is 0 Å². The predicted octanol–water partition coefficient (Wildman–Crippen LogP) is 3.59. The van der Waals surface area contributed by atoms with Crippen molar-refractivity contribution in [2.24, 2.45) is 0 Å². The number of unbranched alkanes of at least 4 members (excludes halogenated alkanes) is 2. The Morgan fingerprint density at radius 1 is 1.08 bits per heavy atom. The molecule has 0 bridgehead atoms. The van der Waals surface area contributed by atoms with Crippen molar-refractivity contribution in [3.63, 3.8) is 0 Å². The van der Waals surface area contributed by atoms with E-state index in [0.29, 0.717) is 37.6 Å². The molecule has 6 heteroatoms. The zero-order valence-electron chi connectivity index (χ0n) is 16.0. The molecule has 0 aromatic heterocycles. The first kappa shape index (κ1) is 20.2. The summed E-state index contributed by atoms with van der Waals surface area (Å²) in [5, 5.41) is 2.96. The van der Waals surface area contributed by atoms with Crippen molar-refractivity contribution >= 4 is 17.6 Å². The first-order chi connectivity index (χ1) is 12.7. The number of anilines is 1. The summed E-state index contributed by atoms with van der Waals surface area (Å²) in [6.45, 7) is 7.99. The van der Waals surface area contributed by atoms with Crippen LogP contribution in [-0.4, -0.2) is 61.1 Å². The van der Waals surface area contributed by atoms with Gasteiger partial charge in [0.05, 0.1) is 24.5 Å². The highest BCUT2D eigenvalue weighted by atomic mass is 16.5. The molecule has 6 nitrogen and oxygen atoms in total. The summed E-state index contributed by atoms with van der Waals surface area (Å²) in [5.41, 5.74) is 1.11. The Kier molecular flexibility index (Phi) is 8.41. The number of urea groups is 1. The van der Waals surface area contributed by atoms with Gasteiger partial charge in [0.2, 0.25) is 0 Å². The van der Waals surface area contributed by atoms with Gasteiger partial charge in [-0.25, -0.2) is 4.79 Å². The van der Waals surface area contributed by atoms with Crippen LogP contribution in [0.2, 0.25) is 0 Å². The van der Waals surface area contributed by atoms with Crippen molar-refractivity contribution in [1.29, 1.82) is 0 Å². The molecule has 3 amide bonds. The van der Waals surface area contributed by atoms with Gasteiger partial charge in [-0.05, 0) is 25.0 Å². The quantitative estimate of drug-likeness (QED) is 0.770. The van der Waals surface area contributed by atoms with Gasteiger partial charge in [-0.1, -0.05) is 38.8 Å². The molecule has 0 atom stereocenters. The maximum atomic E-state index is 12.8. The number of carbonyl (C=O) groups is 2. The predicted molar refractivity (Wildman–Crippen MR) is 104 cm³/mol. The molecular formula is C20H31N3O3. The highest BCUT2D eigenvalue weighted by molar-refractivity contribution is 6.03. The zero-order valence-corrected chi connectivity index (χ0v) is 16.0. The number of nitrogens with zero attached hydrogens (tertiary/aromatic N) is 2. The van der Waals surface area contributed by atoms with Gasteiger partial charge in [0, 0.05) is 26.2 Å². The summed E-state index contributed by atoms with van der Waals surface area (Å²) in [5.74, 6) is -0.0575.